The molecule has 1 aliphatic heterocycles. The summed E-state index contributed by atoms with van der Waals surface area (Å²) in [6.45, 7) is 3.24. The van der Waals surface area contributed by atoms with Crippen molar-refractivity contribution in [3.63, 3.8) is 0 Å². The molecule has 0 bridgehead atoms. The number of rotatable bonds is 1. The predicted molar refractivity (Wildman–Crippen MR) is 69.9 cm³/mol. The molecule has 17 heavy (non-hydrogen) atoms. The van der Waals surface area contributed by atoms with Crippen LogP contribution in [-0.2, 0) is 6.42 Å². The lowest BCUT2D eigenvalue weighted by molar-refractivity contribution is 0.699. The summed E-state index contributed by atoms with van der Waals surface area (Å²) >= 11 is 0. The number of aryl methyl sites for hydroxylation is 1. The van der Waals surface area contributed by atoms with Crippen LogP contribution in [0.25, 0.3) is 5.69 Å². The molecule has 88 valence electrons. The lowest BCUT2D eigenvalue weighted by Crippen LogP contribution is -2.24. The van der Waals surface area contributed by atoms with E-state index in [1.807, 2.05) is 6.20 Å². The SMILES string of the molecule is Cc1ccc(-n2ncc3c2CCCN3C)cc1. The summed E-state index contributed by atoms with van der Waals surface area (Å²) in [7, 11) is 2.14. The second kappa shape index (κ2) is 3.91. The number of fused-ring (bicyclic) bond motifs is 1. The Kier molecular flexibility index (Phi) is 2.39. The minimum Gasteiger partial charge on any atom is -0.372 e. The molecule has 0 fully saturated rings. The summed E-state index contributed by atoms with van der Waals surface area (Å²) in [5.74, 6) is 0. The summed E-state index contributed by atoms with van der Waals surface area (Å²) in [5.41, 5.74) is 5.05. The van der Waals surface area contributed by atoms with Crippen molar-refractivity contribution in [1.82, 2.24) is 9.78 Å². The fourth-order valence-corrected chi connectivity index (χ4v) is 2.43. The van der Waals surface area contributed by atoms with Gasteiger partial charge in [-0.2, -0.15) is 5.10 Å². The molecule has 3 nitrogen and oxygen atoms in total. The largest absolute Gasteiger partial charge is 0.372 e. The summed E-state index contributed by atoms with van der Waals surface area (Å²) < 4.78 is 2.07. The highest BCUT2D eigenvalue weighted by molar-refractivity contribution is 5.53. The predicted octanol–water partition coefficient (Wildman–Crippen LogP) is 2.56. The fourth-order valence-electron chi connectivity index (χ4n) is 2.43. The van der Waals surface area contributed by atoms with Gasteiger partial charge < -0.3 is 4.90 Å². The maximum absolute atomic E-state index is 4.52. The molecule has 3 heteroatoms. The summed E-state index contributed by atoms with van der Waals surface area (Å²) in [6, 6.07) is 8.54. The van der Waals surface area contributed by atoms with Crippen LogP contribution in [0.1, 0.15) is 17.7 Å². The molecule has 0 radical (unpaired) electrons. The van der Waals surface area contributed by atoms with Gasteiger partial charge in [-0.05, 0) is 31.9 Å². The number of aromatic nitrogens is 2. The first-order valence-corrected chi connectivity index (χ1v) is 6.11. The van der Waals surface area contributed by atoms with Crippen molar-refractivity contribution in [3.8, 4) is 5.69 Å². The van der Waals surface area contributed by atoms with E-state index in [1.54, 1.807) is 0 Å². The molecule has 1 aliphatic rings. The minimum absolute atomic E-state index is 1.12. The van der Waals surface area contributed by atoms with Gasteiger partial charge in [0.25, 0.3) is 0 Å². The Hall–Kier alpha value is -1.77. The summed E-state index contributed by atoms with van der Waals surface area (Å²) in [6.07, 6.45) is 4.31. The quantitative estimate of drug-likeness (QED) is 0.746. The molecule has 0 saturated heterocycles. The van der Waals surface area contributed by atoms with Crippen LogP contribution in [0.5, 0.6) is 0 Å². The molecule has 0 aliphatic carbocycles. The third-order valence-electron chi connectivity index (χ3n) is 3.44. The molecule has 1 aromatic heterocycles. The van der Waals surface area contributed by atoms with Gasteiger partial charge in [-0.1, -0.05) is 17.7 Å². The van der Waals surface area contributed by atoms with E-state index in [2.05, 4.69) is 52.9 Å². The van der Waals surface area contributed by atoms with E-state index in [9.17, 15) is 0 Å². The second-order valence-electron chi connectivity index (χ2n) is 4.75. The number of hydrogen-bond acceptors (Lipinski definition) is 2. The lowest BCUT2D eigenvalue weighted by atomic mass is 10.1. The maximum atomic E-state index is 4.52. The number of benzene rings is 1. The van der Waals surface area contributed by atoms with E-state index in [1.165, 1.54) is 23.4 Å². The van der Waals surface area contributed by atoms with Crippen LogP contribution in [0, 0.1) is 6.92 Å². The second-order valence-corrected chi connectivity index (χ2v) is 4.75. The summed E-state index contributed by atoms with van der Waals surface area (Å²) in [4.78, 5) is 2.29. The third kappa shape index (κ3) is 1.71. The molecule has 0 spiro atoms. The van der Waals surface area contributed by atoms with Gasteiger partial charge in [-0.25, -0.2) is 4.68 Å². The third-order valence-corrected chi connectivity index (χ3v) is 3.44. The molecule has 0 amide bonds. The van der Waals surface area contributed by atoms with Crippen molar-refractivity contribution in [2.75, 3.05) is 18.5 Å². The van der Waals surface area contributed by atoms with Crippen LogP contribution >= 0.6 is 0 Å². The van der Waals surface area contributed by atoms with Crippen molar-refractivity contribution in [2.45, 2.75) is 19.8 Å². The minimum atomic E-state index is 1.12. The Morgan fingerprint density at radius 2 is 1.94 bits per heavy atom. The van der Waals surface area contributed by atoms with Crippen molar-refractivity contribution in [2.24, 2.45) is 0 Å². The van der Waals surface area contributed by atoms with Crippen LogP contribution in [-0.4, -0.2) is 23.4 Å². The smallest absolute Gasteiger partial charge is 0.0787 e. The highest BCUT2D eigenvalue weighted by Gasteiger charge is 2.19. The van der Waals surface area contributed by atoms with Gasteiger partial charge in [-0.15, -0.1) is 0 Å². The summed E-state index contributed by atoms with van der Waals surface area (Å²) in [5, 5.41) is 4.52. The first-order chi connectivity index (χ1) is 8.25. The molecule has 2 heterocycles. The van der Waals surface area contributed by atoms with Crippen molar-refractivity contribution >= 4 is 5.69 Å². The topological polar surface area (TPSA) is 21.1 Å². The van der Waals surface area contributed by atoms with E-state index < -0.39 is 0 Å². The average Bonchev–Trinajstić information content (AvgIpc) is 2.75. The molecular weight excluding hydrogens is 210 g/mol. The Balaban J connectivity index is 2.07. The van der Waals surface area contributed by atoms with Crippen LogP contribution < -0.4 is 4.90 Å². The van der Waals surface area contributed by atoms with Crippen LogP contribution in [0.3, 0.4) is 0 Å². The van der Waals surface area contributed by atoms with E-state index in [-0.39, 0.29) is 0 Å². The first kappa shape index (κ1) is 10.4. The zero-order chi connectivity index (χ0) is 11.8. The average molecular weight is 227 g/mol. The van der Waals surface area contributed by atoms with Crippen molar-refractivity contribution in [3.05, 3.63) is 41.7 Å². The monoisotopic (exact) mass is 227 g/mol. The van der Waals surface area contributed by atoms with Gasteiger partial charge >= 0.3 is 0 Å². The zero-order valence-electron chi connectivity index (χ0n) is 10.3. The highest BCUT2D eigenvalue weighted by Crippen LogP contribution is 2.27. The Bertz CT molecular complexity index is 525. The normalized spacial score (nSPS) is 14.8. The zero-order valence-corrected chi connectivity index (χ0v) is 10.3. The molecule has 3 rings (SSSR count). The molecule has 1 aromatic carbocycles. The van der Waals surface area contributed by atoms with Crippen molar-refractivity contribution < 1.29 is 0 Å². The van der Waals surface area contributed by atoms with Gasteiger partial charge in [-0.3, -0.25) is 0 Å². The van der Waals surface area contributed by atoms with Gasteiger partial charge in [0.15, 0.2) is 0 Å². The van der Waals surface area contributed by atoms with E-state index in [0.717, 1.165) is 18.7 Å². The standard InChI is InChI=1S/C14H17N3/c1-11-5-7-12(8-6-11)17-13-4-3-9-16(2)14(13)10-15-17/h5-8,10H,3-4,9H2,1-2H3. The maximum Gasteiger partial charge on any atom is 0.0787 e. The molecule has 2 aromatic rings. The van der Waals surface area contributed by atoms with Crippen LogP contribution in [0.2, 0.25) is 0 Å². The van der Waals surface area contributed by atoms with Gasteiger partial charge in [0, 0.05) is 13.6 Å². The highest BCUT2D eigenvalue weighted by atomic mass is 15.3. The van der Waals surface area contributed by atoms with Crippen LogP contribution in [0.15, 0.2) is 30.5 Å². The van der Waals surface area contributed by atoms with E-state index >= 15 is 0 Å². The number of nitrogens with zero attached hydrogens (tertiary/aromatic N) is 3. The Morgan fingerprint density at radius 1 is 1.18 bits per heavy atom. The van der Waals surface area contributed by atoms with Crippen LogP contribution in [0.4, 0.5) is 5.69 Å². The first-order valence-electron chi connectivity index (χ1n) is 6.11. The Morgan fingerprint density at radius 3 is 2.71 bits per heavy atom. The van der Waals surface area contributed by atoms with Gasteiger partial charge in [0.1, 0.15) is 0 Å². The van der Waals surface area contributed by atoms with E-state index in [4.69, 9.17) is 0 Å². The van der Waals surface area contributed by atoms with Crippen molar-refractivity contribution in [1.29, 1.82) is 0 Å². The molecular formula is C14H17N3. The van der Waals surface area contributed by atoms with Gasteiger partial charge in [0.05, 0.1) is 23.3 Å². The molecule has 0 saturated carbocycles. The molecule has 0 atom stereocenters. The molecule has 0 N–H and O–H groups in total. The Labute approximate surface area is 102 Å². The van der Waals surface area contributed by atoms with E-state index in [0.29, 0.717) is 0 Å². The van der Waals surface area contributed by atoms with Gasteiger partial charge in [0.2, 0.25) is 0 Å². The lowest BCUT2D eigenvalue weighted by Gasteiger charge is -2.24. The number of hydrogen-bond donors (Lipinski definition) is 0. The number of anilines is 1. The fraction of sp³-hybridized carbons (Fsp3) is 0.357. The molecule has 0 unspecified atom stereocenters.